The molecule has 0 spiro atoms. The fourth-order valence-electron chi connectivity index (χ4n) is 2.87. The van der Waals surface area contributed by atoms with E-state index in [1.807, 2.05) is 0 Å². The molecule has 0 aliphatic heterocycles. The van der Waals surface area contributed by atoms with Crippen LogP contribution in [0.1, 0.15) is 76.8 Å². The van der Waals surface area contributed by atoms with Crippen LogP contribution in [0.15, 0.2) is 17.2 Å². The van der Waals surface area contributed by atoms with Crippen LogP contribution in [0, 0.1) is 0 Å². The van der Waals surface area contributed by atoms with E-state index in [-0.39, 0.29) is 5.56 Å². The topological polar surface area (TPSA) is 63.0 Å². The minimum absolute atomic E-state index is 0.0948. The molecular formula is C17H28N4O. The van der Waals surface area contributed by atoms with E-state index in [1.54, 1.807) is 10.6 Å². The second-order valence-corrected chi connectivity index (χ2v) is 6.05. The molecule has 0 aliphatic rings. The maximum absolute atomic E-state index is 11.5. The zero-order valence-electron chi connectivity index (χ0n) is 13.7. The molecule has 0 saturated carbocycles. The first-order valence-electron chi connectivity index (χ1n) is 8.73. The summed E-state index contributed by atoms with van der Waals surface area (Å²) in [5.41, 5.74) is 0.860. The lowest BCUT2D eigenvalue weighted by Crippen LogP contribution is -2.12. The van der Waals surface area contributed by atoms with E-state index in [0.717, 1.165) is 18.5 Å². The first-order valence-corrected chi connectivity index (χ1v) is 8.73. The van der Waals surface area contributed by atoms with Crippen molar-refractivity contribution in [1.82, 2.24) is 19.6 Å². The van der Waals surface area contributed by atoms with Crippen LogP contribution in [-0.4, -0.2) is 19.6 Å². The highest BCUT2D eigenvalue weighted by molar-refractivity contribution is 5.26. The zero-order valence-corrected chi connectivity index (χ0v) is 13.7. The number of fused-ring (bicyclic) bond motifs is 1. The Bertz CT molecular complexity index is 602. The largest absolute Gasteiger partial charge is 0.291 e. The van der Waals surface area contributed by atoms with Gasteiger partial charge in [-0.1, -0.05) is 64.7 Å². The van der Waals surface area contributed by atoms with Gasteiger partial charge in [-0.25, -0.2) is 4.52 Å². The Morgan fingerprint density at radius 3 is 2.32 bits per heavy atom. The first-order chi connectivity index (χ1) is 10.8. The van der Waals surface area contributed by atoms with Crippen molar-refractivity contribution in [3.8, 4) is 0 Å². The monoisotopic (exact) mass is 304 g/mol. The van der Waals surface area contributed by atoms with Crippen LogP contribution in [-0.2, 0) is 6.42 Å². The average molecular weight is 304 g/mol. The summed E-state index contributed by atoms with van der Waals surface area (Å²) in [6.07, 6.45) is 15.6. The Balaban J connectivity index is 1.60. The normalized spacial score (nSPS) is 11.3. The van der Waals surface area contributed by atoms with E-state index >= 15 is 0 Å². The molecule has 2 aromatic rings. The number of rotatable bonds is 11. The molecule has 0 unspecified atom stereocenters. The van der Waals surface area contributed by atoms with Crippen molar-refractivity contribution in [2.75, 3.05) is 0 Å². The van der Waals surface area contributed by atoms with E-state index in [9.17, 15) is 4.79 Å². The Hall–Kier alpha value is -1.65. The molecule has 0 radical (unpaired) electrons. The van der Waals surface area contributed by atoms with Gasteiger partial charge in [0.15, 0.2) is 0 Å². The van der Waals surface area contributed by atoms with Crippen molar-refractivity contribution in [2.24, 2.45) is 0 Å². The Morgan fingerprint density at radius 2 is 1.64 bits per heavy atom. The van der Waals surface area contributed by atoms with Crippen LogP contribution in [0.5, 0.6) is 0 Å². The molecule has 0 aromatic carbocycles. The van der Waals surface area contributed by atoms with Crippen molar-refractivity contribution in [1.29, 1.82) is 0 Å². The van der Waals surface area contributed by atoms with Gasteiger partial charge in [0.1, 0.15) is 6.33 Å². The van der Waals surface area contributed by atoms with Crippen molar-refractivity contribution in [3.05, 3.63) is 28.4 Å². The highest BCUT2D eigenvalue weighted by atomic mass is 16.1. The molecule has 5 heteroatoms. The fraction of sp³-hybridized carbons (Fsp3) is 0.706. The predicted molar refractivity (Wildman–Crippen MR) is 89.2 cm³/mol. The number of aromatic amines is 1. The maximum Gasteiger partial charge on any atom is 0.252 e. The van der Waals surface area contributed by atoms with Gasteiger partial charge in [-0.2, -0.15) is 10.1 Å². The summed E-state index contributed by atoms with van der Waals surface area (Å²) in [5.74, 6) is 0.537. The van der Waals surface area contributed by atoms with Crippen molar-refractivity contribution >= 4 is 5.78 Å². The molecule has 2 heterocycles. The van der Waals surface area contributed by atoms with Crippen LogP contribution in [0.2, 0.25) is 0 Å². The molecule has 0 fully saturated rings. The van der Waals surface area contributed by atoms with E-state index in [4.69, 9.17) is 0 Å². The van der Waals surface area contributed by atoms with Crippen molar-refractivity contribution < 1.29 is 0 Å². The van der Waals surface area contributed by atoms with Crippen molar-refractivity contribution in [2.45, 2.75) is 77.6 Å². The lowest BCUT2D eigenvalue weighted by atomic mass is 10.1. The molecule has 0 atom stereocenters. The number of nitrogens with zero attached hydrogens (tertiary/aromatic N) is 3. The summed E-state index contributed by atoms with van der Waals surface area (Å²) >= 11 is 0. The lowest BCUT2D eigenvalue weighted by Gasteiger charge is -2.04. The number of aryl methyl sites for hydroxylation is 1. The Morgan fingerprint density at radius 1 is 1.00 bits per heavy atom. The van der Waals surface area contributed by atoms with E-state index in [0.29, 0.717) is 5.78 Å². The van der Waals surface area contributed by atoms with Crippen LogP contribution >= 0.6 is 0 Å². The molecule has 2 rings (SSSR count). The lowest BCUT2D eigenvalue weighted by molar-refractivity contribution is 0.554. The molecule has 0 saturated heterocycles. The minimum atomic E-state index is -0.0948. The molecule has 5 nitrogen and oxygen atoms in total. The first kappa shape index (κ1) is 16.7. The standard InChI is InChI=1S/C17H28N4O/c1-2-3-4-5-6-7-8-9-10-11-12-15-13-16(22)20-17-18-14-19-21(15)17/h13-14H,2-12H2,1H3,(H,18,19,20,22). The van der Waals surface area contributed by atoms with Gasteiger partial charge >= 0.3 is 0 Å². The van der Waals surface area contributed by atoms with Gasteiger partial charge in [0, 0.05) is 6.07 Å². The van der Waals surface area contributed by atoms with Gasteiger partial charge in [0.2, 0.25) is 5.78 Å². The molecule has 0 aliphatic carbocycles. The van der Waals surface area contributed by atoms with Crippen LogP contribution in [0.25, 0.3) is 5.78 Å². The van der Waals surface area contributed by atoms with Crippen LogP contribution in [0.3, 0.4) is 0 Å². The molecule has 0 amide bonds. The number of hydrogen-bond donors (Lipinski definition) is 1. The Labute approximate surface area is 132 Å². The summed E-state index contributed by atoms with van der Waals surface area (Å²) in [7, 11) is 0. The third kappa shape index (κ3) is 5.28. The van der Waals surface area contributed by atoms with Gasteiger partial charge < -0.3 is 0 Å². The van der Waals surface area contributed by atoms with Crippen LogP contribution < -0.4 is 5.56 Å². The number of hydrogen-bond acceptors (Lipinski definition) is 3. The number of H-pyrrole nitrogens is 1. The molecule has 0 bridgehead atoms. The van der Waals surface area contributed by atoms with Gasteiger partial charge in [-0.15, -0.1) is 0 Å². The molecular weight excluding hydrogens is 276 g/mol. The smallest absolute Gasteiger partial charge is 0.252 e. The van der Waals surface area contributed by atoms with E-state index in [1.165, 1.54) is 64.1 Å². The molecule has 1 N–H and O–H groups in total. The third-order valence-electron chi connectivity index (χ3n) is 4.14. The molecule has 22 heavy (non-hydrogen) atoms. The summed E-state index contributed by atoms with van der Waals surface area (Å²) in [5, 5.41) is 4.16. The predicted octanol–water partition coefficient (Wildman–Crippen LogP) is 3.88. The number of unbranched alkanes of at least 4 members (excludes halogenated alkanes) is 9. The quantitative estimate of drug-likeness (QED) is 0.641. The molecule has 2 aromatic heterocycles. The summed E-state index contributed by atoms with van der Waals surface area (Å²) in [4.78, 5) is 18.3. The Kier molecular flexibility index (Phi) is 7.13. The van der Waals surface area contributed by atoms with Gasteiger partial charge in [-0.05, 0) is 12.8 Å². The van der Waals surface area contributed by atoms with Gasteiger partial charge in [-0.3, -0.25) is 9.78 Å². The van der Waals surface area contributed by atoms with E-state index < -0.39 is 0 Å². The fourth-order valence-corrected chi connectivity index (χ4v) is 2.87. The summed E-state index contributed by atoms with van der Waals surface area (Å²) in [6, 6.07) is 1.63. The zero-order chi connectivity index (χ0) is 15.6. The average Bonchev–Trinajstić information content (AvgIpc) is 2.97. The maximum atomic E-state index is 11.5. The van der Waals surface area contributed by atoms with E-state index in [2.05, 4.69) is 22.0 Å². The van der Waals surface area contributed by atoms with Crippen molar-refractivity contribution in [3.63, 3.8) is 0 Å². The minimum Gasteiger partial charge on any atom is -0.291 e. The highest BCUT2D eigenvalue weighted by Crippen LogP contribution is 2.12. The van der Waals surface area contributed by atoms with Gasteiger partial charge in [0.05, 0.1) is 5.69 Å². The third-order valence-corrected chi connectivity index (χ3v) is 4.14. The van der Waals surface area contributed by atoms with Gasteiger partial charge in [0.25, 0.3) is 5.56 Å². The summed E-state index contributed by atoms with van der Waals surface area (Å²) in [6.45, 7) is 2.26. The molecule has 122 valence electrons. The second-order valence-electron chi connectivity index (χ2n) is 6.05. The number of nitrogens with one attached hydrogen (secondary N) is 1. The second kappa shape index (κ2) is 9.38. The summed E-state index contributed by atoms with van der Waals surface area (Å²) < 4.78 is 1.73. The highest BCUT2D eigenvalue weighted by Gasteiger charge is 2.04. The van der Waals surface area contributed by atoms with Crippen LogP contribution in [0.4, 0.5) is 0 Å². The number of aromatic nitrogens is 4. The SMILES string of the molecule is CCCCCCCCCCCCc1cc(=O)[nH]c2ncnn12.